The molecule has 110 valence electrons. The Morgan fingerprint density at radius 2 is 2.30 bits per heavy atom. The van der Waals surface area contributed by atoms with E-state index >= 15 is 0 Å². The molecule has 2 rings (SSSR count). The number of hydrogen-bond donors (Lipinski definition) is 1. The van der Waals surface area contributed by atoms with Gasteiger partial charge in [-0.15, -0.1) is 0 Å². The lowest BCUT2D eigenvalue weighted by Crippen LogP contribution is -2.51. The molecule has 0 bridgehead atoms. The molecule has 1 amide bonds. The zero-order chi connectivity index (χ0) is 14.5. The van der Waals surface area contributed by atoms with Gasteiger partial charge < -0.3 is 10.2 Å². The molecule has 1 aliphatic rings. The smallest absolute Gasteiger partial charge is 0.240 e. The Kier molecular flexibility index (Phi) is 5.12. The molecular weight excluding hydrogens is 255 g/mol. The zero-order valence-corrected chi connectivity index (χ0v) is 12.2. The van der Waals surface area contributed by atoms with Gasteiger partial charge in [0.2, 0.25) is 5.91 Å². The number of nitrogens with one attached hydrogen (secondary N) is 1. The highest BCUT2D eigenvalue weighted by atomic mass is 19.1. The standard InChI is InChI=1S/C16H23FN2O/c1-3-9-18-15-8-5-10-19(16(15)20)12(2)13-6-4-7-14(17)11-13/h4,6-7,11-12,15,18H,3,5,8-10H2,1-2H3. The lowest BCUT2D eigenvalue weighted by Gasteiger charge is -2.37. The molecule has 1 heterocycles. The molecule has 1 fully saturated rings. The van der Waals surface area contributed by atoms with Crippen molar-refractivity contribution in [1.82, 2.24) is 10.2 Å². The third kappa shape index (κ3) is 3.37. The van der Waals surface area contributed by atoms with E-state index in [4.69, 9.17) is 0 Å². The molecule has 4 heteroatoms. The van der Waals surface area contributed by atoms with Crippen molar-refractivity contribution in [2.24, 2.45) is 0 Å². The monoisotopic (exact) mass is 278 g/mol. The number of carbonyl (C=O) groups excluding carboxylic acids is 1. The fourth-order valence-electron chi connectivity index (χ4n) is 2.74. The van der Waals surface area contributed by atoms with Crippen LogP contribution in [0.1, 0.15) is 44.7 Å². The van der Waals surface area contributed by atoms with Gasteiger partial charge in [-0.2, -0.15) is 0 Å². The number of halogens is 1. The minimum atomic E-state index is -0.250. The van der Waals surface area contributed by atoms with Crippen molar-refractivity contribution in [3.05, 3.63) is 35.6 Å². The first-order valence-electron chi connectivity index (χ1n) is 7.42. The minimum Gasteiger partial charge on any atom is -0.335 e. The first kappa shape index (κ1) is 15.0. The highest BCUT2D eigenvalue weighted by Crippen LogP contribution is 2.25. The lowest BCUT2D eigenvalue weighted by molar-refractivity contribution is -0.138. The maximum Gasteiger partial charge on any atom is 0.240 e. The second-order valence-corrected chi connectivity index (χ2v) is 5.41. The number of amides is 1. The van der Waals surface area contributed by atoms with Crippen molar-refractivity contribution in [1.29, 1.82) is 0 Å². The van der Waals surface area contributed by atoms with Crippen LogP contribution in [0.3, 0.4) is 0 Å². The van der Waals surface area contributed by atoms with Gasteiger partial charge >= 0.3 is 0 Å². The summed E-state index contributed by atoms with van der Waals surface area (Å²) in [6.07, 6.45) is 2.90. The van der Waals surface area contributed by atoms with E-state index in [1.807, 2.05) is 17.9 Å². The quantitative estimate of drug-likeness (QED) is 0.898. The average Bonchev–Trinajstić information content (AvgIpc) is 2.45. The molecule has 2 unspecified atom stereocenters. The molecule has 0 spiro atoms. The van der Waals surface area contributed by atoms with Crippen LogP contribution in [0, 0.1) is 5.82 Å². The summed E-state index contributed by atoms with van der Waals surface area (Å²) in [5.74, 6) is -0.110. The van der Waals surface area contributed by atoms with Crippen LogP contribution in [-0.2, 0) is 4.79 Å². The Balaban J connectivity index is 2.08. The molecule has 1 aliphatic heterocycles. The van der Waals surface area contributed by atoms with Gasteiger partial charge in [-0.05, 0) is 50.4 Å². The van der Waals surface area contributed by atoms with E-state index in [2.05, 4.69) is 12.2 Å². The second-order valence-electron chi connectivity index (χ2n) is 5.41. The first-order chi connectivity index (χ1) is 9.63. The van der Waals surface area contributed by atoms with Crippen LogP contribution in [0.25, 0.3) is 0 Å². The van der Waals surface area contributed by atoms with Gasteiger partial charge in [0.05, 0.1) is 12.1 Å². The number of rotatable bonds is 5. The predicted molar refractivity (Wildman–Crippen MR) is 77.8 cm³/mol. The summed E-state index contributed by atoms with van der Waals surface area (Å²) in [6, 6.07) is 6.36. The minimum absolute atomic E-state index is 0.0792. The summed E-state index contributed by atoms with van der Waals surface area (Å²) in [6.45, 7) is 5.67. The molecule has 0 aromatic heterocycles. The lowest BCUT2D eigenvalue weighted by atomic mass is 9.99. The van der Waals surface area contributed by atoms with Crippen molar-refractivity contribution in [3.63, 3.8) is 0 Å². The normalized spacial score (nSPS) is 21.1. The topological polar surface area (TPSA) is 32.3 Å². The summed E-state index contributed by atoms with van der Waals surface area (Å²) >= 11 is 0. The van der Waals surface area contributed by atoms with E-state index in [1.165, 1.54) is 12.1 Å². The fourth-order valence-corrected chi connectivity index (χ4v) is 2.74. The van der Waals surface area contributed by atoms with Crippen molar-refractivity contribution < 1.29 is 9.18 Å². The molecule has 1 saturated heterocycles. The van der Waals surface area contributed by atoms with Crippen LogP contribution < -0.4 is 5.32 Å². The Morgan fingerprint density at radius 3 is 3.00 bits per heavy atom. The summed E-state index contributed by atoms with van der Waals surface area (Å²) < 4.78 is 13.3. The van der Waals surface area contributed by atoms with Crippen LogP contribution in [-0.4, -0.2) is 29.9 Å². The zero-order valence-electron chi connectivity index (χ0n) is 12.2. The molecule has 20 heavy (non-hydrogen) atoms. The van der Waals surface area contributed by atoms with E-state index in [9.17, 15) is 9.18 Å². The Bertz CT molecular complexity index is 464. The molecule has 1 aromatic rings. The molecule has 2 atom stereocenters. The van der Waals surface area contributed by atoms with Crippen LogP contribution in [0.5, 0.6) is 0 Å². The van der Waals surface area contributed by atoms with Crippen molar-refractivity contribution in [2.45, 2.75) is 45.2 Å². The van der Waals surface area contributed by atoms with Crippen molar-refractivity contribution >= 4 is 5.91 Å². The van der Waals surface area contributed by atoms with E-state index in [0.717, 1.165) is 37.9 Å². The number of benzene rings is 1. The van der Waals surface area contributed by atoms with Crippen LogP contribution in [0.4, 0.5) is 4.39 Å². The Labute approximate surface area is 120 Å². The molecule has 0 radical (unpaired) electrons. The molecular formula is C16H23FN2O. The van der Waals surface area contributed by atoms with Gasteiger partial charge in [0.1, 0.15) is 5.82 Å². The number of nitrogens with zero attached hydrogens (tertiary/aromatic N) is 1. The molecule has 1 N–H and O–H groups in total. The van der Waals surface area contributed by atoms with Gasteiger partial charge in [0.25, 0.3) is 0 Å². The second kappa shape index (κ2) is 6.84. The molecule has 3 nitrogen and oxygen atoms in total. The Morgan fingerprint density at radius 1 is 1.50 bits per heavy atom. The van der Waals surface area contributed by atoms with Crippen molar-refractivity contribution in [2.75, 3.05) is 13.1 Å². The maximum atomic E-state index is 13.3. The number of likely N-dealkylation sites (tertiary alicyclic amines) is 1. The fraction of sp³-hybridized carbons (Fsp3) is 0.562. The third-order valence-electron chi connectivity index (χ3n) is 3.91. The van der Waals surface area contributed by atoms with Crippen LogP contribution in [0.2, 0.25) is 0 Å². The average molecular weight is 278 g/mol. The molecule has 0 saturated carbocycles. The predicted octanol–water partition coefficient (Wildman–Crippen LogP) is 2.88. The SMILES string of the molecule is CCCNC1CCCN(C(C)c2cccc(F)c2)C1=O. The van der Waals surface area contributed by atoms with Crippen LogP contribution >= 0.6 is 0 Å². The van der Waals surface area contributed by atoms with E-state index in [0.29, 0.717) is 0 Å². The third-order valence-corrected chi connectivity index (χ3v) is 3.91. The Hall–Kier alpha value is -1.42. The van der Waals surface area contributed by atoms with E-state index < -0.39 is 0 Å². The highest BCUT2D eigenvalue weighted by molar-refractivity contribution is 5.83. The van der Waals surface area contributed by atoms with Gasteiger partial charge in [0, 0.05) is 6.54 Å². The van der Waals surface area contributed by atoms with E-state index in [1.54, 1.807) is 6.07 Å². The van der Waals surface area contributed by atoms with Crippen LogP contribution in [0.15, 0.2) is 24.3 Å². The van der Waals surface area contributed by atoms with Gasteiger partial charge in [-0.1, -0.05) is 19.1 Å². The summed E-state index contributed by atoms with van der Waals surface area (Å²) in [4.78, 5) is 14.4. The van der Waals surface area contributed by atoms with E-state index in [-0.39, 0.29) is 23.8 Å². The molecule has 1 aromatic carbocycles. The number of hydrogen-bond acceptors (Lipinski definition) is 2. The summed E-state index contributed by atoms with van der Waals surface area (Å²) in [5.41, 5.74) is 0.856. The maximum absolute atomic E-state index is 13.3. The number of piperidine rings is 1. The molecule has 0 aliphatic carbocycles. The summed E-state index contributed by atoms with van der Waals surface area (Å²) in [5, 5.41) is 3.30. The summed E-state index contributed by atoms with van der Waals surface area (Å²) in [7, 11) is 0. The largest absolute Gasteiger partial charge is 0.335 e. The van der Waals surface area contributed by atoms with Crippen molar-refractivity contribution in [3.8, 4) is 0 Å². The number of carbonyl (C=O) groups is 1. The van der Waals surface area contributed by atoms with Gasteiger partial charge in [0.15, 0.2) is 0 Å². The highest BCUT2D eigenvalue weighted by Gasteiger charge is 2.31. The first-order valence-corrected chi connectivity index (χ1v) is 7.42. The van der Waals surface area contributed by atoms with Gasteiger partial charge in [-0.25, -0.2) is 4.39 Å². The van der Waals surface area contributed by atoms with Gasteiger partial charge in [-0.3, -0.25) is 4.79 Å².